The molecule has 0 amide bonds. The third kappa shape index (κ3) is 2.44. The number of aliphatic carboxylic acids is 1. The van der Waals surface area contributed by atoms with Crippen molar-refractivity contribution in [2.45, 2.75) is 6.04 Å². The molecule has 1 N–H and O–H groups in total. The average molecular weight is 239 g/mol. The topological polar surface area (TPSA) is 84.8 Å². The highest BCUT2D eigenvalue weighted by Crippen LogP contribution is 2.17. The van der Waals surface area contributed by atoms with Gasteiger partial charge in [-0.1, -0.05) is 0 Å². The molecule has 2 rings (SSSR count). The minimum Gasteiger partial charge on any atom is -0.481 e. The van der Waals surface area contributed by atoms with Crippen molar-refractivity contribution in [3.8, 4) is 5.88 Å². The summed E-state index contributed by atoms with van der Waals surface area (Å²) in [6.45, 7) is 1.05. The molecule has 92 valence electrons. The van der Waals surface area contributed by atoms with Crippen LogP contribution in [0.5, 0.6) is 5.88 Å². The summed E-state index contributed by atoms with van der Waals surface area (Å²) < 4.78 is 10.1. The van der Waals surface area contributed by atoms with E-state index in [1.54, 1.807) is 11.0 Å². The van der Waals surface area contributed by atoms with Crippen molar-refractivity contribution >= 4 is 11.9 Å². The number of aromatic nitrogens is 2. The van der Waals surface area contributed by atoms with Crippen LogP contribution in [0.1, 0.15) is 0 Å². The van der Waals surface area contributed by atoms with Crippen LogP contribution in [0.3, 0.4) is 0 Å². The maximum absolute atomic E-state index is 11.1. The summed E-state index contributed by atoms with van der Waals surface area (Å²) in [6.07, 6.45) is 1.54. The molecule has 1 saturated heterocycles. The predicted octanol–water partition coefficient (Wildman–Crippen LogP) is -0.225. The smallest absolute Gasteiger partial charge is 0.328 e. The van der Waals surface area contributed by atoms with Gasteiger partial charge in [-0.05, 0) is 0 Å². The molecule has 0 saturated carbocycles. The van der Waals surface area contributed by atoms with Gasteiger partial charge in [0, 0.05) is 18.8 Å². The van der Waals surface area contributed by atoms with Gasteiger partial charge in [0.15, 0.2) is 6.04 Å². The highest BCUT2D eigenvalue weighted by molar-refractivity contribution is 5.77. The molecule has 1 atom stereocenters. The Morgan fingerprint density at radius 3 is 3.24 bits per heavy atom. The van der Waals surface area contributed by atoms with Crippen molar-refractivity contribution in [1.29, 1.82) is 0 Å². The fourth-order valence-electron chi connectivity index (χ4n) is 1.63. The number of rotatable bonds is 3. The Balaban J connectivity index is 2.26. The van der Waals surface area contributed by atoms with Crippen LogP contribution in [0.25, 0.3) is 0 Å². The maximum Gasteiger partial charge on any atom is 0.328 e. The van der Waals surface area contributed by atoms with E-state index in [9.17, 15) is 4.79 Å². The summed E-state index contributed by atoms with van der Waals surface area (Å²) in [5.74, 6) is -0.193. The van der Waals surface area contributed by atoms with Gasteiger partial charge >= 0.3 is 5.97 Å². The SMILES string of the molecule is COc1ccnc(N2CCOCC2C(=O)O)n1. The second-order valence-electron chi connectivity index (χ2n) is 3.52. The highest BCUT2D eigenvalue weighted by Gasteiger charge is 2.31. The largest absolute Gasteiger partial charge is 0.481 e. The second-order valence-corrected chi connectivity index (χ2v) is 3.52. The zero-order chi connectivity index (χ0) is 12.3. The van der Waals surface area contributed by atoms with Crippen LogP contribution in [0.2, 0.25) is 0 Å². The summed E-state index contributed by atoms with van der Waals surface area (Å²) in [5.41, 5.74) is 0. The fourth-order valence-corrected chi connectivity index (χ4v) is 1.63. The van der Waals surface area contributed by atoms with E-state index >= 15 is 0 Å². The van der Waals surface area contributed by atoms with Gasteiger partial charge in [0.25, 0.3) is 0 Å². The van der Waals surface area contributed by atoms with Crippen LogP contribution in [0.15, 0.2) is 12.3 Å². The number of carboxylic acid groups (broad SMARTS) is 1. The standard InChI is InChI=1S/C10H13N3O4/c1-16-8-2-3-11-10(12-8)13-4-5-17-6-7(13)9(14)15/h2-3,7H,4-6H2,1H3,(H,14,15). The molecule has 2 heterocycles. The van der Waals surface area contributed by atoms with E-state index in [0.29, 0.717) is 25.0 Å². The van der Waals surface area contributed by atoms with Gasteiger partial charge in [0.2, 0.25) is 11.8 Å². The van der Waals surface area contributed by atoms with Crippen LogP contribution in [-0.2, 0) is 9.53 Å². The van der Waals surface area contributed by atoms with Gasteiger partial charge in [0.1, 0.15) is 0 Å². The molecule has 1 aromatic rings. The third-order valence-electron chi connectivity index (χ3n) is 2.50. The Kier molecular flexibility index (Phi) is 3.38. The summed E-state index contributed by atoms with van der Waals surface area (Å²) >= 11 is 0. The Morgan fingerprint density at radius 2 is 2.53 bits per heavy atom. The summed E-state index contributed by atoms with van der Waals surface area (Å²) in [4.78, 5) is 20.9. The van der Waals surface area contributed by atoms with Gasteiger partial charge in [-0.2, -0.15) is 4.98 Å². The van der Waals surface area contributed by atoms with E-state index in [-0.39, 0.29) is 6.61 Å². The number of hydrogen-bond acceptors (Lipinski definition) is 6. The lowest BCUT2D eigenvalue weighted by Crippen LogP contribution is -2.50. The van der Waals surface area contributed by atoms with Crippen molar-refractivity contribution < 1.29 is 19.4 Å². The summed E-state index contributed by atoms with van der Waals surface area (Å²) in [5, 5.41) is 9.09. The zero-order valence-corrected chi connectivity index (χ0v) is 9.37. The van der Waals surface area contributed by atoms with Crippen LogP contribution in [-0.4, -0.2) is 54.0 Å². The van der Waals surface area contributed by atoms with Crippen LogP contribution >= 0.6 is 0 Å². The molecule has 1 unspecified atom stereocenters. The summed E-state index contributed by atoms with van der Waals surface area (Å²) in [6, 6.07) is 0.857. The van der Waals surface area contributed by atoms with Crippen molar-refractivity contribution in [1.82, 2.24) is 9.97 Å². The average Bonchev–Trinajstić information content (AvgIpc) is 2.39. The minimum absolute atomic E-state index is 0.135. The number of ether oxygens (including phenoxy) is 2. The second kappa shape index (κ2) is 4.96. The molecule has 0 aromatic carbocycles. The van der Waals surface area contributed by atoms with Crippen molar-refractivity contribution in [3.05, 3.63) is 12.3 Å². The van der Waals surface area contributed by atoms with Crippen LogP contribution in [0.4, 0.5) is 5.95 Å². The molecule has 0 radical (unpaired) electrons. The Bertz CT molecular complexity index is 412. The number of methoxy groups -OCH3 is 1. The molecule has 1 aliphatic rings. The highest BCUT2D eigenvalue weighted by atomic mass is 16.5. The molecular formula is C10H13N3O4. The zero-order valence-electron chi connectivity index (χ0n) is 9.37. The monoisotopic (exact) mass is 239 g/mol. The Morgan fingerprint density at radius 1 is 1.71 bits per heavy atom. The number of carboxylic acids is 1. The third-order valence-corrected chi connectivity index (χ3v) is 2.50. The number of anilines is 1. The van der Waals surface area contributed by atoms with E-state index < -0.39 is 12.0 Å². The molecule has 1 aromatic heterocycles. The predicted molar refractivity (Wildman–Crippen MR) is 58.2 cm³/mol. The molecule has 0 aliphatic carbocycles. The first-order chi connectivity index (χ1) is 8.22. The number of carbonyl (C=O) groups is 1. The lowest BCUT2D eigenvalue weighted by Gasteiger charge is -2.32. The molecule has 0 bridgehead atoms. The lowest BCUT2D eigenvalue weighted by molar-refractivity contribution is -0.141. The van der Waals surface area contributed by atoms with Crippen molar-refractivity contribution in [2.24, 2.45) is 0 Å². The van der Waals surface area contributed by atoms with Gasteiger partial charge in [-0.25, -0.2) is 9.78 Å². The number of nitrogens with zero attached hydrogens (tertiary/aromatic N) is 3. The van der Waals surface area contributed by atoms with Gasteiger partial charge in [-0.3, -0.25) is 0 Å². The maximum atomic E-state index is 11.1. The first-order valence-electron chi connectivity index (χ1n) is 5.16. The van der Waals surface area contributed by atoms with E-state index in [1.807, 2.05) is 0 Å². The minimum atomic E-state index is -0.948. The van der Waals surface area contributed by atoms with Crippen LogP contribution < -0.4 is 9.64 Å². The van der Waals surface area contributed by atoms with E-state index in [2.05, 4.69) is 9.97 Å². The first kappa shape index (κ1) is 11.6. The van der Waals surface area contributed by atoms with Crippen molar-refractivity contribution in [3.63, 3.8) is 0 Å². The van der Waals surface area contributed by atoms with E-state index in [1.165, 1.54) is 13.3 Å². The molecule has 1 fully saturated rings. The molecular weight excluding hydrogens is 226 g/mol. The molecule has 1 aliphatic heterocycles. The normalized spacial score (nSPS) is 20.1. The van der Waals surface area contributed by atoms with Gasteiger partial charge < -0.3 is 19.5 Å². The first-order valence-corrected chi connectivity index (χ1v) is 5.16. The van der Waals surface area contributed by atoms with Crippen LogP contribution in [0, 0.1) is 0 Å². The van der Waals surface area contributed by atoms with Crippen molar-refractivity contribution in [2.75, 3.05) is 31.8 Å². The molecule has 7 nitrogen and oxygen atoms in total. The van der Waals surface area contributed by atoms with Gasteiger partial charge in [-0.15, -0.1) is 0 Å². The number of hydrogen-bond donors (Lipinski definition) is 1. The molecule has 17 heavy (non-hydrogen) atoms. The van der Waals surface area contributed by atoms with E-state index in [4.69, 9.17) is 14.6 Å². The fraction of sp³-hybridized carbons (Fsp3) is 0.500. The summed E-state index contributed by atoms with van der Waals surface area (Å²) in [7, 11) is 1.50. The molecule has 7 heteroatoms. The van der Waals surface area contributed by atoms with E-state index in [0.717, 1.165) is 0 Å². The Hall–Kier alpha value is -1.89. The lowest BCUT2D eigenvalue weighted by atomic mass is 10.2. The Labute approximate surface area is 98.0 Å². The number of morpholine rings is 1. The quantitative estimate of drug-likeness (QED) is 0.780. The molecule has 0 spiro atoms. The van der Waals surface area contributed by atoms with Gasteiger partial charge in [0.05, 0.1) is 20.3 Å².